The quantitative estimate of drug-likeness (QED) is 0.500. The van der Waals surface area contributed by atoms with Crippen LogP contribution in [-0.4, -0.2) is 32.0 Å². The van der Waals surface area contributed by atoms with Crippen LogP contribution < -0.4 is 19.9 Å². The molecule has 4 rings (SSSR count). The first-order valence-electron chi connectivity index (χ1n) is 11.0. The molecule has 7 heteroatoms. The van der Waals surface area contributed by atoms with Gasteiger partial charge in [0.25, 0.3) is 11.8 Å². The van der Waals surface area contributed by atoms with Crippen LogP contribution in [0.3, 0.4) is 0 Å². The van der Waals surface area contributed by atoms with Crippen LogP contribution in [0.1, 0.15) is 19.4 Å². The molecule has 174 valence electrons. The second-order valence-electron chi connectivity index (χ2n) is 8.40. The van der Waals surface area contributed by atoms with Crippen molar-refractivity contribution < 1.29 is 18.7 Å². The predicted molar refractivity (Wildman–Crippen MR) is 132 cm³/mol. The first-order chi connectivity index (χ1) is 16.3. The molecule has 0 saturated heterocycles. The van der Waals surface area contributed by atoms with Crippen molar-refractivity contribution in [2.45, 2.75) is 20.0 Å². The Balaban J connectivity index is 1.79. The van der Waals surface area contributed by atoms with Gasteiger partial charge in [0.2, 0.25) is 0 Å². The SMILES string of the molecule is CC(C)Oc1ccccc1N1C(=O)C(Nc2ccc(N(C)C)cc2)=C(c2ccc(F)cc2)C1=O. The Hall–Kier alpha value is -4.13. The van der Waals surface area contributed by atoms with E-state index < -0.39 is 17.6 Å². The molecule has 0 atom stereocenters. The summed E-state index contributed by atoms with van der Waals surface area (Å²) >= 11 is 0. The molecule has 1 N–H and O–H groups in total. The Morgan fingerprint density at radius 1 is 0.882 bits per heavy atom. The molecule has 1 heterocycles. The number of imide groups is 1. The summed E-state index contributed by atoms with van der Waals surface area (Å²) < 4.78 is 19.5. The minimum atomic E-state index is -0.513. The molecule has 0 unspecified atom stereocenters. The Labute approximate surface area is 198 Å². The molecule has 1 aliphatic rings. The van der Waals surface area contributed by atoms with E-state index in [9.17, 15) is 14.0 Å². The summed E-state index contributed by atoms with van der Waals surface area (Å²) in [6, 6.07) is 19.9. The number of amides is 2. The number of halogens is 1. The van der Waals surface area contributed by atoms with Gasteiger partial charge in [-0.1, -0.05) is 24.3 Å². The highest BCUT2D eigenvalue weighted by molar-refractivity contribution is 6.46. The van der Waals surface area contributed by atoms with Crippen LogP contribution in [0.4, 0.5) is 21.5 Å². The number of rotatable bonds is 7. The molecule has 0 aliphatic carbocycles. The molecule has 0 saturated carbocycles. The van der Waals surface area contributed by atoms with E-state index in [2.05, 4.69) is 5.32 Å². The van der Waals surface area contributed by atoms with Gasteiger partial charge in [-0.15, -0.1) is 0 Å². The Morgan fingerprint density at radius 2 is 1.53 bits per heavy atom. The van der Waals surface area contributed by atoms with E-state index in [-0.39, 0.29) is 17.4 Å². The van der Waals surface area contributed by atoms with Gasteiger partial charge in [0.15, 0.2) is 0 Å². The lowest BCUT2D eigenvalue weighted by atomic mass is 10.0. The van der Waals surface area contributed by atoms with Crippen LogP contribution in [0.5, 0.6) is 5.75 Å². The monoisotopic (exact) mass is 459 g/mol. The number of carbonyl (C=O) groups is 2. The van der Waals surface area contributed by atoms with E-state index in [1.54, 1.807) is 24.3 Å². The Kier molecular flexibility index (Phi) is 6.36. The third kappa shape index (κ3) is 4.50. The summed E-state index contributed by atoms with van der Waals surface area (Å²) in [5.41, 5.74) is 2.72. The highest BCUT2D eigenvalue weighted by Gasteiger charge is 2.41. The molecular formula is C27H26FN3O3. The fourth-order valence-corrected chi connectivity index (χ4v) is 3.73. The van der Waals surface area contributed by atoms with Crippen LogP contribution >= 0.6 is 0 Å². The van der Waals surface area contributed by atoms with Gasteiger partial charge in [-0.2, -0.15) is 0 Å². The standard InChI is InChI=1S/C27H26FN3O3/c1-17(2)34-23-8-6-5-7-22(23)31-26(32)24(18-9-11-19(28)12-10-18)25(27(31)33)29-20-13-15-21(16-14-20)30(3)4/h5-17,29H,1-4H3. The van der Waals surface area contributed by atoms with E-state index in [0.717, 1.165) is 10.6 Å². The second kappa shape index (κ2) is 9.39. The predicted octanol–water partition coefficient (Wildman–Crippen LogP) is 5.08. The average molecular weight is 460 g/mol. The molecular weight excluding hydrogens is 433 g/mol. The van der Waals surface area contributed by atoms with Crippen molar-refractivity contribution in [1.82, 2.24) is 0 Å². The van der Waals surface area contributed by atoms with Crippen molar-refractivity contribution in [3.63, 3.8) is 0 Å². The van der Waals surface area contributed by atoms with Gasteiger partial charge in [-0.05, 0) is 67.9 Å². The highest BCUT2D eigenvalue weighted by atomic mass is 19.1. The van der Waals surface area contributed by atoms with E-state index in [0.29, 0.717) is 22.7 Å². The van der Waals surface area contributed by atoms with Gasteiger partial charge in [0.05, 0.1) is 17.4 Å². The minimum absolute atomic E-state index is 0.119. The summed E-state index contributed by atoms with van der Waals surface area (Å²) in [7, 11) is 3.87. The molecule has 0 fully saturated rings. The van der Waals surface area contributed by atoms with E-state index in [4.69, 9.17) is 4.74 Å². The normalized spacial score (nSPS) is 13.6. The van der Waals surface area contributed by atoms with Gasteiger partial charge in [0, 0.05) is 25.5 Å². The fraction of sp³-hybridized carbons (Fsp3) is 0.185. The van der Waals surface area contributed by atoms with Crippen molar-refractivity contribution in [3.05, 3.63) is 89.9 Å². The molecule has 1 aliphatic heterocycles. The summed E-state index contributed by atoms with van der Waals surface area (Å²) in [5, 5.41) is 3.12. The fourth-order valence-electron chi connectivity index (χ4n) is 3.73. The maximum atomic E-state index is 13.6. The number of benzene rings is 3. The van der Waals surface area contributed by atoms with Gasteiger partial charge < -0.3 is 15.0 Å². The highest BCUT2D eigenvalue weighted by Crippen LogP contribution is 2.38. The number of ether oxygens (including phenoxy) is 1. The Morgan fingerprint density at radius 3 is 2.15 bits per heavy atom. The van der Waals surface area contributed by atoms with Crippen molar-refractivity contribution in [3.8, 4) is 5.75 Å². The van der Waals surface area contributed by atoms with Gasteiger partial charge >= 0.3 is 0 Å². The lowest BCUT2D eigenvalue weighted by molar-refractivity contribution is -0.120. The third-order valence-corrected chi connectivity index (χ3v) is 5.34. The van der Waals surface area contributed by atoms with E-state index >= 15 is 0 Å². The first-order valence-corrected chi connectivity index (χ1v) is 11.0. The van der Waals surface area contributed by atoms with Gasteiger partial charge in [-0.3, -0.25) is 9.59 Å². The average Bonchev–Trinajstić information content (AvgIpc) is 3.04. The second-order valence-corrected chi connectivity index (χ2v) is 8.40. The molecule has 2 amide bonds. The largest absolute Gasteiger partial charge is 0.489 e. The van der Waals surface area contributed by atoms with Crippen molar-refractivity contribution >= 4 is 34.4 Å². The molecule has 3 aromatic carbocycles. The smallest absolute Gasteiger partial charge is 0.282 e. The van der Waals surface area contributed by atoms with Crippen LogP contribution in [0, 0.1) is 5.82 Å². The molecule has 6 nitrogen and oxygen atoms in total. The summed E-state index contributed by atoms with van der Waals surface area (Å²) in [6.07, 6.45) is -0.147. The number of carbonyl (C=O) groups excluding carboxylic acids is 2. The zero-order valence-electron chi connectivity index (χ0n) is 19.5. The molecule has 0 bridgehead atoms. The van der Waals surface area contributed by atoms with E-state index in [1.807, 2.05) is 57.1 Å². The molecule has 3 aromatic rings. The minimum Gasteiger partial charge on any atom is -0.489 e. The van der Waals surface area contributed by atoms with Crippen molar-refractivity contribution in [2.75, 3.05) is 29.2 Å². The molecule has 0 spiro atoms. The lowest BCUT2D eigenvalue weighted by Gasteiger charge is -2.20. The van der Waals surface area contributed by atoms with Crippen LogP contribution in [-0.2, 0) is 9.59 Å². The number of anilines is 3. The number of hydrogen-bond donors (Lipinski definition) is 1. The first kappa shape index (κ1) is 23.0. The zero-order chi connectivity index (χ0) is 24.4. The summed E-state index contributed by atoms with van der Waals surface area (Å²) in [6.45, 7) is 3.74. The number of para-hydroxylation sites is 2. The van der Waals surface area contributed by atoms with Crippen LogP contribution in [0.25, 0.3) is 5.57 Å². The van der Waals surface area contributed by atoms with Crippen LogP contribution in [0.15, 0.2) is 78.5 Å². The number of hydrogen-bond acceptors (Lipinski definition) is 5. The third-order valence-electron chi connectivity index (χ3n) is 5.34. The zero-order valence-corrected chi connectivity index (χ0v) is 19.5. The molecule has 0 radical (unpaired) electrons. The van der Waals surface area contributed by atoms with Crippen LogP contribution in [0.2, 0.25) is 0 Å². The van der Waals surface area contributed by atoms with Crippen molar-refractivity contribution in [1.29, 1.82) is 0 Å². The maximum Gasteiger partial charge on any atom is 0.282 e. The van der Waals surface area contributed by atoms with E-state index in [1.165, 1.54) is 24.3 Å². The number of nitrogens with one attached hydrogen (secondary N) is 1. The van der Waals surface area contributed by atoms with Gasteiger partial charge in [0.1, 0.15) is 17.3 Å². The molecule has 34 heavy (non-hydrogen) atoms. The van der Waals surface area contributed by atoms with Gasteiger partial charge in [-0.25, -0.2) is 9.29 Å². The van der Waals surface area contributed by atoms with Crippen molar-refractivity contribution in [2.24, 2.45) is 0 Å². The maximum absolute atomic E-state index is 13.6. The topological polar surface area (TPSA) is 61.9 Å². The number of nitrogens with zero attached hydrogens (tertiary/aromatic N) is 2. The Bertz CT molecular complexity index is 1250. The molecule has 0 aromatic heterocycles. The summed E-state index contributed by atoms with van der Waals surface area (Å²) in [4.78, 5) is 30.3. The lowest BCUT2D eigenvalue weighted by Crippen LogP contribution is -2.33. The summed E-state index contributed by atoms with van der Waals surface area (Å²) in [5.74, 6) is -1.03.